The molecule has 0 atom stereocenters. The average molecular weight is 259 g/mol. The summed E-state index contributed by atoms with van der Waals surface area (Å²) >= 11 is 0. The molecule has 3 nitrogen and oxygen atoms in total. The van der Waals surface area contributed by atoms with Crippen LogP contribution in [-0.2, 0) is 6.54 Å². The van der Waals surface area contributed by atoms with Crippen LogP contribution in [0.25, 0.3) is 0 Å². The van der Waals surface area contributed by atoms with Gasteiger partial charge in [-0.05, 0) is 36.2 Å². The van der Waals surface area contributed by atoms with E-state index in [4.69, 9.17) is 5.11 Å². The summed E-state index contributed by atoms with van der Waals surface area (Å²) in [6, 6.07) is 11.9. The van der Waals surface area contributed by atoms with Crippen molar-refractivity contribution in [3.8, 4) is 0 Å². The number of aryl methyl sites for hydroxylation is 1. The van der Waals surface area contributed by atoms with Crippen LogP contribution in [0.15, 0.2) is 42.5 Å². The van der Waals surface area contributed by atoms with Gasteiger partial charge in [-0.15, -0.1) is 0 Å². The summed E-state index contributed by atoms with van der Waals surface area (Å²) in [5.74, 6) is -1.99. The standard InChI is InChI=1S/C15H14FNO2/c1-10-4-2-3-5-11(10)9-17-12-6-7-14(16)13(8-12)15(18)19/h2-8,17H,9H2,1H3,(H,18,19). The minimum atomic E-state index is -1.27. The summed E-state index contributed by atoms with van der Waals surface area (Å²) in [7, 11) is 0. The number of aromatic carboxylic acids is 1. The van der Waals surface area contributed by atoms with E-state index in [9.17, 15) is 9.18 Å². The Morgan fingerprint density at radius 2 is 2.00 bits per heavy atom. The van der Waals surface area contributed by atoms with Crippen LogP contribution < -0.4 is 5.32 Å². The number of carbonyl (C=O) groups is 1. The van der Waals surface area contributed by atoms with Gasteiger partial charge >= 0.3 is 5.97 Å². The first-order valence-corrected chi connectivity index (χ1v) is 5.89. The van der Waals surface area contributed by atoms with Gasteiger partial charge in [0, 0.05) is 12.2 Å². The lowest BCUT2D eigenvalue weighted by molar-refractivity contribution is 0.0692. The average Bonchev–Trinajstić information content (AvgIpc) is 2.39. The van der Waals surface area contributed by atoms with Crippen LogP contribution in [0, 0.1) is 12.7 Å². The van der Waals surface area contributed by atoms with Gasteiger partial charge in [0.15, 0.2) is 0 Å². The maximum atomic E-state index is 13.2. The first kappa shape index (κ1) is 13.1. The number of hydrogen-bond donors (Lipinski definition) is 2. The summed E-state index contributed by atoms with van der Waals surface area (Å²) in [4.78, 5) is 10.8. The Kier molecular flexibility index (Phi) is 3.80. The van der Waals surface area contributed by atoms with E-state index in [-0.39, 0.29) is 5.56 Å². The molecular formula is C15H14FNO2. The first-order valence-electron chi connectivity index (χ1n) is 5.89. The summed E-state index contributed by atoms with van der Waals surface area (Å²) in [6.07, 6.45) is 0. The minimum Gasteiger partial charge on any atom is -0.478 e. The van der Waals surface area contributed by atoms with E-state index in [1.807, 2.05) is 31.2 Å². The number of nitrogens with one attached hydrogen (secondary N) is 1. The maximum Gasteiger partial charge on any atom is 0.338 e. The molecule has 0 unspecified atom stereocenters. The summed E-state index contributed by atoms with van der Waals surface area (Å²) < 4.78 is 13.2. The predicted molar refractivity (Wildman–Crippen MR) is 71.9 cm³/mol. The van der Waals surface area contributed by atoms with Crippen LogP contribution in [0.4, 0.5) is 10.1 Å². The fourth-order valence-electron chi connectivity index (χ4n) is 1.80. The van der Waals surface area contributed by atoms with Gasteiger partial charge in [0.2, 0.25) is 0 Å². The monoisotopic (exact) mass is 259 g/mol. The van der Waals surface area contributed by atoms with Crippen LogP contribution in [-0.4, -0.2) is 11.1 Å². The van der Waals surface area contributed by atoms with Gasteiger partial charge in [0.25, 0.3) is 0 Å². The molecule has 0 aliphatic carbocycles. The lowest BCUT2D eigenvalue weighted by atomic mass is 10.1. The second kappa shape index (κ2) is 5.52. The lowest BCUT2D eigenvalue weighted by Gasteiger charge is -2.09. The van der Waals surface area contributed by atoms with E-state index in [2.05, 4.69) is 5.32 Å². The van der Waals surface area contributed by atoms with Crippen LogP contribution in [0.3, 0.4) is 0 Å². The van der Waals surface area contributed by atoms with Gasteiger partial charge in [-0.3, -0.25) is 0 Å². The summed E-state index contributed by atoms with van der Waals surface area (Å²) in [5, 5.41) is 11.9. The number of carboxylic acids is 1. The van der Waals surface area contributed by atoms with Crippen molar-refractivity contribution in [1.29, 1.82) is 0 Å². The lowest BCUT2D eigenvalue weighted by Crippen LogP contribution is -2.05. The highest BCUT2D eigenvalue weighted by molar-refractivity contribution is 5.89. The smallest absolute Gasteiger partial charge is 0.338 e. The Labute approximate surface area is 110 Å². The molecular weight excluding hydrogens is 245 g/mol. The molecule has 0 spiro atoms. The van der Waals surface area contributed by atoms with Crippen LogP contribution in [0.2, 0.25) is 0 Å². The van der Waals surface area contributed by atoms with Gasteiger partial charge in [0.05, 0.1) is 5.56 Å². The Bertz CT molecular complexity index is 611. The van der Waals surface area contributed by atoms with Crippen molar-refractivity contribution in [2.24, 2.45) is 0 Å². The zero-order valence-corrected chi connectivity index (χ0v) is 10.5. The number of anilines is 1. The van der Waals surface area contributed by atoms with Crippen molar-refractivity contribution < 1.29 is 14.3 Å². The molecule has 0 amide bonds. The van der Waals surface area contributed by atoms with E-state index in [1.165, 1.54) is 12.1 Å². The molecule has 0 fully saturated rings. The van der Waals surface area contributed by atoms with Crippen LogP contribution >= 0.6 is 0 Å². The molecule has 4 heteroatoms. The molecule has 2 rings (SSSR count). The highest BCUT2D eigenvalue weighted by atomic mass is 19.1. The second-order valence-corrected chi connectivity index (χ2v) is 4.28. The molecule has 2 N–H and O–H groups in total. The molecule has 19 heavy (non-hydrogen) atoms. The third-order valence-electron chi connectivity index (χ3n) is 2.94. The third kappa shape index (κ3) is 3.10. The molecule has 0 aliphatic heterocycles. The maximum absolute atomic E-state index is 13.2. The van der Waals surface area contributed by atoms with E-state index in [1.54, 1.807) is 0 Å². The zero-order chi connectivity index (χ0) is 13.8. The molecule has 2 aromatic carbocycles. The number of hydrogen-bond acceptors (Lipinski definition) is 2. The van der Waals surface area contributed by atoms with Crippen molar-refractivity contribution in [1.82, 2.24) is 0 Å². The molecule has 98 valence electrons. The first-order chi connectivity index (χ1) is 9.08. The molecule has 0 aliphatic rings. The fraction of sp³-hybridized carbons (Fsp3) is 0.133. The third-order valence-corrected chi connectivity index (χ3v) is 2.94. The molecule has 0 radical (unpaired) electrons. The molecule has 2 aromatic rings. The van der Waals surface area contributed by atoms with Gasteiger partial charge in [-0.1, -0.05) is 24.3 Å². The van der Waals surface area contributed by atoms with Crippen LogP contribution in [0.5, 0.6) is 0 Å². The minimum absolute atomic E-state index is 0.324. The summed E-state index contributed by atoms with van der Waals surface area (Å²) in [5.41, 5.74) is 2.52. The highest BCUT2D eigenvalue weighted by Gasteiger charge is 2.10. The van der Waals surface area contributed by atoms with Gasteiger partial charge in [0.1, 0.15) is 5.82 Å². The van der Waals surface area contributed by atoms with Gasteiger partial charge in [-0.25, -0.2) is 9.18 Å². The van der Waals surface area contributed by atoms with Gasteiger partial charge < -0.3 is 10.4 Å². The van der Waals surface area contributed by atoms with Crippen molar-refractivity contribution in [3.63, 3.8) is 0 Å². The molecule has 0 saturated carbocycles. The van der Waals surface area contributed by atoms with E-state index >= 15 is 0 Å². The fourth-order valence-corrected chi connectivity index (χ4v) is 1.80. The summed E-state index contributed by atoms with van der Waals surface area (Å²) in [6.45, 7) is 2.57. The number of carboxylic acid groups (broad SMARTS) is 1. The number of benzene rings is 2. The van der Waals surface area contributed by atoms with E-state index in [0.29, 0.717) is 12.2 Å². The highest BCUT2D eigenvalue weighted by Crippen LogP contribution is 2.16. The Morgan fingerprint density at radius 1 is 1.26 bits per heavy atom. The van der Waals surface area contributed by atoms with Crippen molar-refractivity contribution >= 4 is 11.7 Å². The number of rotatable bonds is 4. The van der Waals surface area contributed by atoms with Crippen molar-refractivity contribution in [2.75, 3.05) is 5.32 Å². The van der Waals surface area contributed by atoms with E-state index < -0.39 is 11.8 Å². The van der Waals surface area contributed by atoms with Crippen molar-refractivity contribution in [2.45, 2.75) is 13.5 Å². The Hall–Kier alpha value is -2.36. The molecule has 0 heterocycles. The molecule has 0 bridgehead atoms. The van der Waals surface area contributed by atoms with Crippen molar-refractivity contribution in [3.05, 3.63) is 65.0 Å². The molecule has 0 aromatic heterocycles. The molecule has 0 saturated heterocycles. The second-order valence-electron chi connectivity index (χ2n) is 4.28. The normalized spacial score (nSPS) is 10.2. The SMILES string of the molecule is Cc1ccccc1CNc1ccc(F)c(C(=O)O)c1. The topological polar surface area (TPSA) is 49.3 Å². The van der Waals surface area contributed by atoms with E-state index in [0.717, 1.165) is 17.2 Å². The Morgan fingerprint density at radius 3 is 2.68 bits per heavy atom. The van der Waals surface area contributed by atoms with Crippen LogP contribution in [0.1, 0.15) is 21.5 Å². The predicted octanol–water partition coefficient (Wildman–Crippen LogP) is 3.44. The quantitative estimate of drug-likeness (QED) is 0.884. The number of halogens is 1. The Balaban J connectivity index is 2.14. The zero-order valence-electron chi connectivity index (χ0n) is 10.5. The largest absolute Gasteiger partial charge is 0.478 e. The van der Waals surface area contributed by atoms with Gasteiger partial charge in [-0.2, -0.15) is 0 Å².